The summed E-state index contributed by atoms with van der Waals surface area (Å²) in [5.41, 5.74) is 0.490. The molecule has 0 unspecified atom stereocenters. The molecule has 0 radical (unpaired) electrons. The number of thiophene rings is 1. The first-order valence-electron chi connectivity index (χ1n) is 9.10. The van der Waals surface area contributed by atoms with Gasteiger partial charge in [-0.15, -0.1) is 21.5 Å². The van der Waals surface area contributed by atoms with Crippen LogP contribution in [-0.2, 0) is 22.5 Å². The number of aromatic nitrogens is 4. The van der Waals surface area contributed by atoms with Crippen molar-refractivity contribution in [2.24, 2.45) is 0 Å². The zero-order valence-corrected chi connectivity index (χ0v) is 16.3. The molecule has 1 fully saturated rings. The number of hydrogen-bond acceptors (Lipinski definition) is 7. The number of carbonyl (C=O) groups excluding carboxylic acids is 2. The van der Waals surface area contributed by atoms with Crippen LogP contribution in [-0.4, -0.2) is 63.1 Å². The van der Waals surface area contributed by atoms with Gasteiger partial charge in [-0.1, -0.05) is 12.1 Å². The lowest BCUT2D eigenvalue weighted by molar-refractivity contribution is -0.134. The van der Waals surface area contributed by atoms with E-state index in [1.165, 1.54) is 28.3 Å². The number of benzene rings is 1. The summed E-state index contributed by atoms with van der Waals surface area (Å²) >= 11 is 1.29. The number of morpholine rings is 1. The summed E-state index contributed by atoms with van der Waals surface area (Å²) in [6, 6.07) is 9.36. The molecule has 0 atom stereocenters. The number of carbonyl (C=O) groups is 2. The zero-order chi connectivity index (χ0) is 20.2. The summed E-state index contributed by atoms with van der Waals surface area (Å²) in [5.74, 6) is -0.289. The Hall–Kier alpha value is -2.98. The molecule has 1 aromatic carbocycles. The third-order valence-electron chi connectivity index (χ3n) is 4.45. The van der Waals surface area contributed by atoms with Gasteiger partial charge in [0.25, 0.3) is 0 Å². The van der Waals surface area contributed by atoms with Crippen LogP contribution in [0.5, 0.6) is 0 Å². The Morgan fingerprint density at radius 2 is 2.00 bits per heavy atom. The molecule has 10 heteroatoms. The summed E-state index contributed by atoms with van der Waals surface area (Å²) < 4.78 is 18.6. The summed E-state index contributed by atoms with van der Waals surface area (Å²) in [4.78, 5) is 29.2. The van der Waals surface area contributed by atoms with Gasteiger partial charge in [-0.05, 0) is 29.5 Å². The van der Waals surface area contributed by atoms with Crippen molar-refractivity contribution >= 4 is 23.0 Å². The maximum Gasteiger partial charge on any atom is 0.227 e. The molecule has 4 rings (SSSR count). The molecular weight excluding hydrogens is 397 g/mol. The third kappa shape index (κ3) is 4.72. The summed E-state index contributed by atoms with van der Waals surface area (Å²) in [6.07, 6.45) is 0.267. The molecule has 1 aliphatic heterocycles. The second-order valence-corrected chi connectivity index (χ2v) is 7.68. The van der Waals surface area contributed by atoms with E-state index < -0.39 is 5.82 Å². The standard InChI is InChI=1S/C19H18FN5O3S/c20-14-3-1-2-13(10-14)19-21-23-25(22-19)12-16(26)17-5-4-15(29-17)11-18(27)24-6-8-28-9-7-24/h1-5,10H,6-9,11-12H2. The summed E-state index contributed by atoms with van der Waals surface area (Å²) in [6.45, 7) is 2.23. The number of nitrogens with zero attached hydrogens (tertiary/aromatic N) is 5. The predicted octanol–water partition coefficient (Wildman–Crippen LogP) is 1.82. The lowest BCUT2D eigenvalue weighted by Crippen LogP contribution is -2.41. The van der Waals surface area contributed by atoms with Crippen LogP contribution in [0.1, 0.15) is 14.5 Å². The highest BCUT2D eigenvalue weighted by molar-refractivity contribution is 7.14. The van der Waals surface area contributed by atoms with E-state index in [1.807, 2.05) is 0 Å². The Morgan fingerprint density at radius 1 is 1.17 bits per heavy atom. The number of rotatable bonds is 6. The van der Waals surface area contributed by atoms with Crippen molar-refractivity contribution in [2.75, 3.05) is 26.3 Å². The molecule has 150 valence electrons. The van der Waals surface area contributed by atoms with Gasteiger partial charge in [0, 0.05) is 23.5 Å². The Bertz CT molecular complexity index is 1030. The van der Waals surface area contributed by atoms with Gasteiger partial charge in [-0.3, -0.25) is 9.59 Å². The lowest BCUT2D eigenvalue weighted by atomic mass is 10.2. The van der Waals surface area contributed by atoms with E-state index in [1.54, 1.807) is 29.2 Å². The van der Waals surface area contributed by atoms with E-state index in [4.69, 9.17) is 4.74 Å². The molecule has 0 saturated carbocycles. The van der Waals surface area contributed by atoms with Crippen molar-refractivity contribution in [3.8, 4) is 11.4 Å². The average molecular weight is 415 g/mol. The van der Waals surface area contributed by atoms with E-state index in [0.717, 1.165) is 4.88 Å². The maximum atomic E-state index is 13.3. The first-order chi connectivity index (χ1) is 14.1. The number of Topliss-reactive ketones (excluding diaryl/α,β-unsaturated/α-hetero) is 1. The number of halogens is 1. The van der Waals surface area contributed by atoms with Crippen molar-refractivity contribution in [3.63, 3.8) is 0 Å². The van der Waals surface area contributed by atoms with Crippen molar-refractivity contribution < 1.29 is 18.7 Å². The monoisotopic (exact) mass is 415 g/mol. The van der Waals surface area contributed by atoms with Gasteiger partial charge < -0.3 is 9.64 Å². The average Bonchev–Trinajstić information content (AvgIpc) is 3.38. The number of ether oxygens (including phenoxy) is 1. The lowest BCUT2D eigenvalue weighted by Gasteiger charge is -2.26. The highest BCUT2D eigenvalue weighted by Crippen LogP contribution is 2.20. The Labute approximate surface area is 169 Å². The first kappa shape index (κ1) is 19.3. The number of hydrogen-bond donors (Lipinski definition) is 0. The number of tetrazole rings is 1. The molecule has 29 heavy (non-hydrogen) atoms. The number of ketones is 1. The van der Waals surface area contributed by atoms with Gasteiger partial charge in [-0.2, -0.15) is 4.80 Å². The molecular formula is C19H18FN5O3S. The van der Waals surface area contributed by atoms with Crippen LogP contribution in [0.15, 0.2) is 36.4 Å². The molecule has 8 nitrogen and oxygen atoms in total. The highest BCUT2D eigenvalue weighted by atomic mass is 32.1. The number of amides is 1. The minimum atomic E-state index is -0.396. The molecule has 1 saturated heterocycles. The van der Waals surface area contributed by atoms with E-state index in [9.17, 15) is 14.0 Å². The minimum absolute atomic E-state index is 0.0341. The molecule has 2 aromatic heterocycles. The summed E-state index contributed by atoms with van der Waals surface area (Å²) in [7, 11) is 0. The summed E-state index contributed by atoms with van der Waals surface area (Å²) in [5, 5.41) is 11.9. The fourth-order valence-corrected chi connectivity index (χ4v) is 3.88. The van der Waals surface area contributed by atoms with Crippen LogP contribution < -0.4 is 0 Å². The van der Waals surface area contributed by atoms with Gasteiger partial charge in [0.15, 0.2) is 5.78 Å². The molecule has 1 amide bonds. The van der Waals surface area contributed by atoms with Crippen LogP contribution in [0.4, 0.5) is 4.39 Å². The maximum absolute atomic E-state index is 13.3. The highest BCUT2D eigenvalue weighted by Gasteiger charge is 2.19. The van der Waals surface area contributed by atoms with Crippen LogP contribution in [0.2, 0.25) is 0 Å². The van der Waals surface area contributed by atoms with Gasteiger partial charge in [-0.25, -0.2) is 4.39 Å². The topological polar surface area (TPSA) is 90.2 Å². The quantitative estimate of drug-likeness (QED) is 0.571. The van der Waals surface area contributed by atoms with Crippen LogP contribution in [0.25, 0.3) is 11.4 Å². The van der Waals surface area contributed by atoms with Crippen molar-refractivity contribution in [1.29, 1.82) is 0 Å². The molecule has 0 bridgehead atoms. The third-order valence-corrected chi connectivity index (χ3v) is 5.57. The fraction of sp³-hybridized carbons (Fsp3) is 0.316. The minimum Gasteiger partial charge on any atom is -0.378 e. The van der Waals surface area contributed by atoms with E-state index in [0.29, 0.717) is 36.7 Å². The Balaban J connectivity index is 1.37. The molecule has 0 aliphatic carbocycles. The van der Waals surface area contributed by atoms with Crippen LogP contribution >= 0.6 is 11.3 Å². The zero-order valence-electron chi connectivity index (χ0n) is 15.5. The Morgan fingerprint density at radius 3 is 2.79 bits per heavy atom. The van der Waals surface area contributed by atoms with Crippen LogP contribution in [0, 0.1) is 5.82 Å². The largest absolute Gasteiger partial charge is 0.378 e. The molecule has 0 N–H and O–H groups in total. The smallest absolute Gasteiger partial charge is 0.227 e. The van der Waals surface area contributed by atoms with Crippen molar-refractivity contribution in [2.45, 2.75) is 13.0 Å². The van der Waals surface area contributed by atoms with Crippen molar-refractivity contribution in [3.05, 3.63) is 52.0 Å². The molecule has 3 heterocycles. The van der Waals surface area contributed by atoms with Gasteiger partial charge >= 0.3 is 0 Å². The van der Waals surface area contributed by atoms with E-state index in [2.05, 4.69) is 15.4 Å². The second-order valence-electron chi connectivity index (χ2n) is 6.51. The van der Waals surface area contributed by atoms with Crippen LogP contribution in [0.3, 0.4) is 0 Å². The molecule has 3 aromatic rings. The van der Waals surface area contributed by atoms with Crippen molar-refractivity contribution in [1.82, 2.24) is 25.1 Å². The second kappa shape index (κ2) is 8.58. The fourth-order valence-electron chi connectivity index (χ4n) is 2.96. The van der Waals surface area contributed by atoms with E-state index in [-0.39, 0.29) is 30.5 Å². The first-order valence-corrected chi connectivity index (χ1v) is 9.91. The van der Waals surface area contributed by atoms with Gasteiger partial charge in [0.05, 0.1) is 24.5 Å². The predicted molar refractivity (Wildman–Crippen MR) is 103 cm³/mol. The molecule has 1 aliphatic rings. The SMILES string of the molecule is O=C(Cn1nnc(-c2cccc(F)c2)n1)c1ccc(CC(=O)N2CCOCC2)s1. The van der Waals surface area contributed by atoms with Gasteiger partial charge in [0.1, 0.15) is 12.4 Å². The van der Waals surface area contributed by atoms with E-state index >= 15 is 0 Å². The van der Waals surface area contributed by atoms with Gasteiger partial charge in [0.2, 0.25) is 11.7 Å². The molecule has 0 spiro atoms. The Kier molecular flexibility index (Phi) is 5.72. The normalized spacial score (nSPS) is 14.2.